The molecule has 0 rings (SSSR count). The molecule has 0 aliphatic rings. The van der Waals surface area contributed by atoms with Gasteiger partial charge >= 0.3 is 5.97 Å². The Morgan fingerprint density at radius 1 is 1.17 bits per heavy atom. The van der Waals surface area contributed by atoms with Crippen molar-refractivity contribution in [2.24, 2.45) is 11.8 Å². The summed E-state index contributed by atoms with van der Waals surface area (Å²) in [5.41, 5.74) is 0. The summed E-state index contributed by atoms with van der Waals surface area (Å²) in [7, 11) is 0. The summed E-state index contributed by atoms with van der Waals surface area (Å²) in [6, 6.07) is 0. The molecule has 0 radical (unpaired) electrons. The molecule has 18 heavy (non-hydrogen) atoms. The van der Waals surface area contributed by atoms with Crippen molar-refractivity contribution in [2.45, 2.75) is 52.2 Å². The molecule has 0 saturated heterocycles. The van der Waals surface area contributed by atoms with Crippen molar-refractivity contribution in [3.05, 3.63) is 0 Å². The maximum absolute atomic E-state index is 12.0. The molecule has 0 heterocycles. The van der Waals surface area contributed by atoms with E-state index in [1.807, 2.05) is 13.8 Å². The van der Waals surface area contributed by atoms with Crippen LogP contribution in [0.5, 0.6) is 0 Å². The fourth-order valence-electron chi connectivity index (χ4n) is 1.42. The molecule has 0 aromatic carbocycles. The Morgan fingerprint density at radius 3 is 2.33 bits per heavy atom. The number of carbonyl (C=O) groups is 1. The van der Waals surface area contributed by atoms with E-state index in [1.54, 1.807) is 11.8 Å². The summed E-state index contributed by atoms with van der Waals surface area (Å²) in [6.07, 6.45) is 2.24. The molecule has 0 N–H and O–H groups in total. The van der Waals surface area contributed by atoms with Crippen LogP contribution in [-0.4, -0.2) is 30.3 Å². The van der Waals surface area contributed by atoms with Crippen molar-refractivity contribution < 1.29 is 13.9 Å². The van der Waals surface area contributed by atoms with Crippen molar-refractivity contribution >= 4 is 17.7 Å². The van der Waals surface area contributed by atoms with E-state index in [0.717, 1.165) is 18.6 Å². The molecule has 1 unspecified atom stereocenters. The summed E-state index contributed by atoms with van der Waals surface area (Å²) < 4.78 is 17.3. The molecular formula is C14H27FO2S. The van der Waals surface area contributed by atoms with E-state index in [9.17, 15) is 9.18 Å². The summed E-state index contributed by atoms with van der Waals surface area (Å²) in [5, 5.41) is -0.0941. The van der Waals surface area contributed by atoms with Crippen molar-refractivity contribution in [2.75, 3.05) is 19.0 Å². The Bertz CT molecular complexity index is 220. The van der Waals surface area contributed by atoms with Crippen molar-refractivity contribution in [1.82, 2.24) is 0 Å². The van der Waals surface area contributed by atoms with Crippen LogP contribution in [0.2, 0.25) is 0 Å². The van der Waals surface area contributed by atoms with Crippen molar-refractivity contribution in [1.29, 1.82) is 0 Å². The third-order valence-corrected chi connectivity index (χ3v) is 3.67. The normalized spacial score (nSPS) is 13.1. The summed E-state index contributed by atoms with van der Waals surface area (Å²) in [6.45, 7) is 8.47. The minimum absolute atomic E-state index is 0.0941. The molecule has 0 spiro atoms. The Balaban J connectivity index is 4.07. The molecule has 0 aromatic heterocycles. The number of rotatable bonds is 10. The zero-order valence-electron chi connectivity index (χ0n) is 12.1. The Labute approximate surface area is 115 Å². The van der Waals surface area contributed by atoms with Crippen LogP contribution in [-0.2, 0) is 9.53 Å². The standard InChI is InChI=1S/C14H27FO2S/c1-11(2)9-13(18-8-6-5-7-15)14(16)17-10-12(3)4/h11-13H,5-10H2,1-4H3. The van der Waals surface area contributed by atoms with Gasteiger partial charge < -0.3 is 4.74 Å². The number of hydrogen-bond acceptors (Lipinski definition) is 3. The van der Waals surface area contributed by atoms with Gasteiger partial charge in [0.1, 0.15) is 5.25 Å². The summed E-state index contributed by atoms with van der Waals surface area (Å²) in [4.78, 5) is 11.9. The highest BCUT2D eigenvalue weighted by atomic mass is 32.2. The second-order valence-corrected chi connectivity index (χ2v) is 6.72. The number of halogens is 1. The van der Waals surface area contributed by atoms with Gasteiger partial charge in [-0.25, -0.2) is 0 Å². The summed E-state index contributed by atoms with van der Waals surface area (Å²) in [5.74, 6) is 1.56. The van der Waals surface area contributed by atoms with Gasteiger partial charge in [0, 0.05) is 0 Å². The molecule has 1 atom stereocenters. The molecule has 0 saturated carbocycles. The van der Waals surface area contributed by atoms with Gasteiger partial charge in [0.15, 0.2) is 0 Å². The zero-order chi connectivity index (χ0) is 14.0. The van der Waals surface area contributed by atoms with Gasteiger partial charge in [-0.15, -0.1) is 11.8 Å². The van der Waals surface area contributed by atoms with Gasteiger partial charge in [-0.05, 0) is 36.9 Å². The van der Waals surface area contributed by atoms with Crippen LogP contribution in [0, 0.1) is 11.8 Å². The highest BCUT2D eigenvalue weighted by molar-refractivity contribution is 8.00. The first-order valence-electron chi connectivity index (χ1n) is 6.81. The second-order valence-electron chi connectivity index (χ2n) is 5.41. The number of unbranched alkanes of at least 4 members (excludes halogenated alkanes) is 1. The van der Waals surface area contributed by atoms with E-state index in [2.05, 4.69) is 13.8 Å². The SMILES string of the molecule is CC(C)COC(=O)C(CC(C)C)SCCCCF. The van der Waals surface area contributed by atoms with E-state index < -0.39 is 0 Å². The topological polar surface area (TPSA) is 26.3 Å². The predicted octanol–water partition coefficient (Wildman–Crippen LogP) is 4.08. The van der Waals surface area contributed by atoms with E-state index in [4.69, 9.17) is 4.74 Å². The number of esters is 1. The van der Waals surface area contributed by atoms with Crippen LogP contribution in [0.1, 0.15) is 47.0 Å². The van der Waals surface area contributed by atoms with Gasteiger partial charge in [-0.2, -0.15) is 0 Å². The second kappa shape index (κ2) is 10.7. The number of hydrogen-bond donors (Lipinski definition) is 0. The lowest BCUT2D eigenvalue weighted by atomic mass is 10.1. The Kier molecular flexibility index (Phi) is 10.5. The number of thioether (sulfide) groups is 1. The number of carbonyl (C=O) groups excluding carboxylic acids is 1. The van der Waals surface area contributed by atoms with Crippen LogP contribution in [0.25, 0.3) is 0 Å². The van der Waals surface area contributed by atoms with E-state index in [1.165, 1.54) is 0 Å². The van der Waals surface area contributed by atoms with Crippen LogP contribution in [0.15, 0.2) is 0 Å². The third kappa shape index (κ3) is 9.75. The van der Waals surface area contributed by atoms with Crippen LogP contribution in [0.3, 0.4) is 0 Å². The first-order valence-corrected chi connectivity index (χ1v) is 7.86. The number of alkyl halides is 1. The largest absolute Gasteiger partial charge is 0.465 e. The monoisotopic (exact) mass is 278 g/mol. The fraction of sp³-hybridized carbons (Fsp3) is 0.929. The predicted molar refractivity (Wildman–Crippen MR) is 76.7 cm³/mol. The van der Waals surface area contributed by atoms with E-state index in [-0.39, 0.29) is 17.9 Å². The fourth-order valence-corrected chi connectivity index (χ4v) is 2.80. The van der Waals surface area contributed by atoms with E-state index >= 15 is 0 Å². The molecule has 108 valence electrons. The van der Waals surface area contributed by atoms with Gasteiger partial charge in [-0.1, -0.05) is 27.7 Å². The van der Waals surface area contributed by atoms with Gasteiger partial charge in [0.2, 0.25) is 0 Å². The van der Waals surface area contributed by atoms with Gasteiger partial charge in [0.05, 0.1) is 13.3 Å². The molecule has 4 heteroatoms. The maximum Gasteiger partial charge on any atom is 0.319 e. The molecule has 0 fully saturated rings. The molecule has 0 bridgehead atoms. The van der Waals surface area contributed by atoms with Gasteiger partial charge in [-0.3, -0.25) is 9.18 Å². The molecule has 0 aliphatic carbocycles. The molecule has 0 amide bonds. The smallest absolute Gasteiger partial charge is 0.319 e. The van der Waals surface area contributed by atoms with Crippen molar-refractivity contribution in [3.63, 3.8) is 0 Å². The minimum Gasteiger partial charge on any atom is -0.465 e. The number of ether oxygens (including phenoxy) is 1. The van der Waals surface area contributed by atoms with Crippen LogP contribution < -0.4 is 0 Å². The molecule has 2 nitrogen and oxygen atoms in total. The minimum atomic E-state index is -0.271. The molecule has 0 aliphatic heterocycles. The highest BCUT2D eigenvalue weighted by Gasteiger charge is 2.21. The Morgan fingerprint density at radius 2 is 1.83 bits per heavy atom. The first kappa shape index (κ1) is 17.8. The quantitative estimate of drug-likeness (QED) is 0.445. The van der Waals surface area contributed by atoms with E-state index in [0.29, 0.717) is 24.9 Å². The molecular weight excluding hydrogens is 251 g/mol. The lowest BCUT2D eigenvalue weighted by Gasteiger charge is -2.18. The third-order valence-electron chi connectivity index (χ3n) is 2.35. The van der Waals surface area contributed by atoms with Gasteiger partial charge in [0.25, 0.3) is 0 Å². The zero-order valence-corrected chi connectivity index (χ0v) is 12.9. The highest BCUT2D eigenvalue weighted by Crippen LogP contribution is 2.22. The average molecular weight is 278 g/mol. The Hall–Kier alpha value is -0.250. The summed E-state index contributed by atoms with van der Waals surface area (Å²) >= 11 is 1.61. The lowest BCUT2D eigenvalue weighted by Crippen LogP contribution is -2.24. The van der Waals surface area contributed by atoms with Crippen LogP contribution in [0.4, 0.5) is 4.39 Å². The van der Waals surface area contributed by atoms with Crippen LogP contribution >= 0.6 is 11.8 Å². The lowest BCUT2D eigenvalue weighted by molar-refractivity contribution is -0.144. The average Bonchev–Trinajstić information content (AvgIpc) is 2.29. The first-order chi connectivity index (χ1) is 8.47. The maximum atomic E-state index is 12.0. The molecule has 0 aromatic rings. The van der Waals surface area contributed by atoms with Crippen molar-refractivity contribution in [3.8, 4) is 0 Å².